The highest BCUT2D eigenvalue weighted by molar-refractivity contribution is 7.90. The van der Waals surface area contributed by atoms with E-state index in [0.29, 0.717) is 11.7 Å². The van der Waals surface area contributed by atoms with Gasteiger partial charge in [-0.25, -0.2) is 13.4 Å². The molecule has 0 radical (unpaired) electrons. The maximum absolute atomic E-state index is 13.4. The lowest BCUT2D eigenvalue weighted by Gasteiger charge is -2.20. The molecule has 32 heavy (non-hydrogen) atoms. The number of pyridine rings is 1. The predicted octanol–water partition coefficient (Wildman–Crippen LogP) is 4.43. The predicted molar refractivity (Wildman–Crippen MR) is 128 cm³/mol. The van der Waals surface area contributed by atoms with E-state index in [1.165, 1.54) is 35.3 Å². The lowest BCUT2D eigenvalue weighted by atomic mass is 10.1. The minimum absolute atomic E-state index is 0.108. The Morgan fingerprint density at radius 1 is 0.969 bits per heavy atom. The number of rotatable bonds is 7. The number of carbonyl (C=O) groups excluding carboxylic acids is 1. The highest BCUT2D eigenvalue weighted by Crippen LogP contribution is 2.31. The number of nitrogens with zero attached hydrogens (tertiary/aromatic N) is 3. The third-order valence-electron chi connectivity index (χ3n) is 5.18. The Balaban J connectivity index is 1.65. The normalized spacial score (nSPS) is 11.6. The van der Waals surface area contributed by atoms with E-state index in [-0.39, 0.29) is 17.2 Å². The van der Waals surface area contributed by atoms with Crippen molar-refractivity contribution in [2.45, 2.75) is 31.2 Å². The van der Waals surface area contributed by atoms with Crippen molar-refractivity contribution in [3.05, 3.63) is 83.7 Å². The van der Waals surface area contributed by atoms with Gasteiger partial charge in [-0.15, -0.1) is 0 Å². The Bertz CT molecular complexity index is 1350. The summed E-state index contributed by atoms with van der Waals surface area (Å²) in [6.07, 6.45) is 5.65. The van der Waals surface area contributed by atoms with Gasteiger partial charge >= 0.3 is 0 Å². The number of anilines is 1. The van der Waals surface area contributed by atoms with Crippen LogP contribution in [0.25, 0.3) is 10.2 Å². The first-order valence-electron chi connectivity index (χ1n) is 10.2. The number of benzene rings is 2. The van der Waals surface area contributed by atoms with Crippen LogP contribution in [0.5, 0.6) is 0 Å². The van der Waals surface area contributed by atoms with Crippen LogP contribution < -0.4 is 4.90 Å². The minimum atomic E-state index is -3.28. The lowest BCUT2D eigenvalue weighted by Crippen LogP contribution is -2.31. The minimum Gasteiger partial charge on any atom is -0.283 e. The fourth-order valence-electron chi connectivity index (χ4n) is 3.35. The first-order chi connectivity index (χ1) is 15.3. The van der Waals surface area contributed by atoms with Gasteiger partial charge in [0.1, 0.15) is 0 Å². The van der Waals surface area contributed by atoms with Gasteiger partial charge < -0.3 is 0 Å². The molecule has 0 atom stereocenters. The molecule has 2 aromatic carbocycles. The van der Waals surface area contributed by atoms with Crippen LogP contribution in [-0.4, -0.2) is 30.5 Å². The van der Waals surface area contributed by atoms with Gasteiger partial charge in [-0.3, -0.25) is 14.7 Å². The molecule has 0 fully saturated rings. The number of aromatic nitrogens is 2. The largest absolute Gasteiger partial charge is 0.283 e. The number of sulfone groups is 1. The second kappa shape index (κ2) is 9.18. The Labute approximate surface area is 191 Å². The van der Waals surface area contributed by atoms with E-state index in [0.717, 1.165) is 27.8 Å². The monoisotopic (exact) mass is 465 g/mol. The smallest absolute Gasteiger partial charge is 0.233 e. The molecule has 1 amide bonds. The third kappa shape index (κ3) is 5.03. The van der Waals surface area contributed by atoms with Crippen LogP contribution in [0, 0.1) is 0 Å². The SMILES string of the molecule is CCc1ccc2nc(N(Cc3ccncc3)C(=O)Cc3ccc(S(C)(=O)=O)cc3)sc2c1. The number of hydrogen-bond donors (Lipinski definition) is 0. The molecule has 8 heteroatoms. The van der Waals surface area contributed by atoms with Crippen molar-refractivity contribution < 1.29 is 13.2 Å². The van der Waals surface area contributed by atoms with Gasteiger partial charge in [0.05, 0.1) is 28.1 Å². The average molecular weight is 466 g/mol. The summed E-state index contributed by atoms with van der Waals surface area (Å²) in [5.41, 5.74) is 3.80. The molecule has 0 unspecified atom stereocenters. The van der Waals surface area contributed by atoms with E-state index >= 15 is 0 Å². The second-order valence-corrected chi connectivity index (χ2v) is 10.6. The Hall–Kier alpha value is -3.10. The molecular weight excluding hydrogens is 442 g/mol. The molecule has 0 N–H and O–H groups in total. The Kier molecular flexibility index (Phi) is 6.34. The molecule has 0 spiro atoms. The summed E-state index contributed by atoms with van der Waals surface area (Å²) in [7, 11) is -3.28. The summed E-state index contributed by atoms with van der Waals surface area (Å²) in [6.45, 7) is 2.49. The highest BCUT2D eigenvalue weighted by Gasteiger charge is 2.21. The van der Waals surface area contributed by atoms with Crippen molar-refractivity contribution in [2.24, 2.45) is 0 Å². The Morgan fingerprint density at radius 2 is 1.66 bits per heavy atom. The van der Waals surface area contributed by atoms with Gasteiger partial charge in [0.2, 0.25) is 5.91 Å². The van der Waals surface area contributed by atoms with Gasteiger partial charge in [-0.1, -0.05) is 36.5 Å². The standard InChI is InChI=1S/C24H23N3O3S2/c1-3-17-6-9-21-22(14-17)31-24(26-21)27(16-19-10-12-25-13-11-19)23(28)15-18-4-7-20(8-5-18)32(2,29)30/h4-14H,3,15-16H2,1-2H3. The van der Waals surface area contributed by atoms with Crippen LogP contribution in [0.3, 0.4) is 0 Å². The lowest BCUT2D eigenvalue weighted by molar-refractivity contribution is -0.118. The van der Waals surface area contributed by atoms with E-state index in [9.17, 15) is 13.2 Å². The molecule has 164 valence electrons. The number of fused-ring (bicyclic) bond motifs is 1. The number of aryl methyl sites for hydroxylation is 1. The number of amides is 1. The molecular formula is C24H23N3O3S2. The molecule has 2 aromatic heterocycles. The molecule has 0 aliphatic heterocycles. The zero-order valence-electron chi connectivity index (χ0n) is 17.9. The van der Waals surface area contributed by atoms with E-state index in [4.69, 9.17) is 4.98 Å². The zero-order valence-corrected chi connectivity index (χ0v) is 19.5. The summed E-state index contributed by atoms with van der Waals surface area (Å²) in [5.74, 6) is -0.108. The van der Waals surface area contributed by atoms with E-state index in [1.807, 2.05) is 18.2 Å². The van der Waals surface area contributed by atoms with E-state index in [1.54, 1.807) is 29.4 Å². The van der Waals surface area contributed by atoms with E-state index < -0.39 is 9.84 Å². The summed E-state index contributed by atoms with van der Waals surface area (Å²) in [4.78, 5) is 24.1. The quantitative estimate of drug-likeness (QED) is 0.403. The molecule has 4 aromatic rings. The second-order valence-electron chi connectivity index (χ2n) is 7.58. The summed E-state index contributed by atoms with van der Waals surface area (Å²) in [5, 5.41) is 0.642. The summed E-state index contributed by atoms with van der Waals surface area (Å²) in [6, 6.07) is 16.4. The average Bonchev–Trinajstić information content (AvgIpc) is 3.20. The number of carbonyl (C=O) groups is 1. The van der Waals surface area contributed by atoms with Gasteiger partial charge in [-0.2, -0.15) is 0 Å². The molecule has 0 saturated heterocycles. The maximum atomic E-state index is 13.4. The summed E-state index contributed by atoms with van der Waals surface area (Å²) >= 11 is 1.50. The third-order valence-corrected chi connectivity index (χ3v) is 7.35. The number of hydrogen-bond acceptors (Lipinski definition) is 6. The van der Waals surface area contributed by atoms with Gasteiger partial charge in [0.15, 0.2) is 15.0 Å². The number of thiazole rings is 1. The van der Waals surface area contributed by atoms with Crippen molar-refractivity contribution in [2.75, 3.05) is 11.2 Å². The van der Waals surface area contributed by atoms with Crippen LogP contribution in [0.4, 0.5) is 5.13 Å². The molecule has 0 bridgehead atoms. The fraction of sp³-hybridized carbons (Fsp3) is 0.208. The molecule has 0 aliphatic rings. The fourth-order valence-corrected chi connectivity index (χ4v) is 5.03. The highest BCUT2D eigenvalue weighted by atomic mass is 32.2. The summed E-state index contributed by atoms with van der Waals surface area (Å²) < 4.78 is 24.5. The van der Waals surface area contributed by atoms with E-state index in [2.05, 4.69) is 24.0 Å². The topological polar surface area (TPSA) is 80.2 Å². The van der Waals surface area contributed by atoms with Gasteiger partial charge in [0, 0.05) is 18.6 Å². The zero-order chi connectivity index (χ0) is 22.7. The van der Waals surface area contributed by atoms with Crippen LogP contribution in [-0.2, 0) is 34.0 Å². The maximum Gasteiger partial charge on any atom is 0.233 e. The van der Waals surface area contributed by atoms with Crippen molar-refractivity contribution in [1.29, 1.82) is 0 Å². The van der Waals surface area contributed by atoms with Crippen LogP contribution in [0.1, 0.15) is 23.6 Å². The first-order valence-corrected chi connectivity index (χ1v) is 12.9. The van der Waals surface area contributed by atoms with Crippen molar-refractivity contribution in [3.63, 3.8) is 0 Å². The first kappa shape index (κ1) is 22.1. The Morgan fingerprint density at radius 3 is 2.31 bits per heavy atom. The molecule has 2 heterocycles. The van der Waals surface area contributed by atoms with Gasteiger partial charge in [0.25, 0.3) is 0 Å². The molecule has 6 nitrogen and oxygen atoms in total. The van der Waals surface area contributed by atoms with Crippen LogP contribution >= 0.6 is 11.3 Å². The molecule has 4 rings (SSSR count). The molecule has 0 aliphatic carbocycles. The van der Waals surface area contributed by atoms with Crippen molar-refractivity contribution in [1.82, 2.24) is 9.97 Å². The molecule has 0 saturated carbocycles. The van der Waals surface area contributed by atoms with Crippen LogP contribution in [0.15, 0.2) is 71.9 Å². The van der Waals surface area contributed by atoms with Crippen molar-refractivity contribution >= 4 is 42.4 Å². The van der Waals surface area contributed by atoms with Crippen LogP contribution in [0.2, 0.25) is 0 Å². The van der Waals surface area contributed by atoms with Gasteiger partial charge in [-0.05, 0) is 59.5 Å². The van der Waals surface area contributed by atoms with Crippen molar-refractivity contribution in [3.8, 4) is 0 Å².